The number of carbonyl (C=O) groups is 1. The fourth-order valence-corrected chi connectivity index (χ4v) is 3.16. The summed E-state index contributed by atoms with van der Waals surface area (Å²) in [6.07, 6.45) is 9.42. The average Bonchev–Trinajstić information content (AvgIpc) is 2.69. The summed E-state index contributed by atoms with van der Waals surface area (Å²) in [5.74, 6) is 0.549. The highest BCUT2D eigenvalue weighted by atomic mass is 16.2. The van der Waals surface area contributed by atoms with Crippen LogP contribution in [0.25, 0.3) is 0 Å². The van der Waals surface area contributed by atoms with E-state index < -0.39 is 0 Å². The summed E-state index contributed by atoms with van der Waals surface area (Å²) in [6.45, 7) is 1.93. The SMILES string of the molecule is O=C(C1CCc2nc[nH]c2C1)N1CCCCCC1. The fourth-order valence-electron chi connectivity index (χ4n) is 3.16. The smallest absolute Gasteiger partial charge is 0.226 e. The minimum atomic E-state index is 0.177. The zero-order valence-corrected chi connectivity index (χ0v) is 10.8. The molecule has 98 valence electrons. The molecule has 1 fully saturated rings. The Morgan fingerprint density at radius 1 is 1.28 bits per heavy atom. The van der Waals surface area contributed by atoms with Gasteiger partial charge in [0.15, 0.2) is 0 Å². The molecule has 1 aromatic heterocycles. The highest BCUT2D eigenvalue weighted by Crippen LogP contribution is 2.25. The summed E-state index contributed by atoms with van der Waals surface area (Å²) in [4.78, 5) is 22.1. The molecule has 2 aliphatic rings. The summed E-state index contributed by atoms with van der Waals surface area (Å²) in [7, 11) is 0. The highest BCUT2D eigenvalue weighted by Gasteiger charge is 2.29. The quantitative estimate of drug-likeness (QED) is 0.824. The second-order valence-electron chi connectivity index (χ2n) is 5.51. The Bertz CT molecular complexity index is 418. The van der Waals surface area contributed by atoms with E-state index in [2.05, 4.69) is 14.9 Å². The first kappa shape index (κ1) is 11.8. The van der Waals surface area contributed by atoms with Crippen LogP contribution < -0.4 is 0 Å². The summed E-state index contributed by atoms with van der Waals surface area (Å²) in [5, 5.41) is 0. The van der Waals surface area contributed by atoms with E-state index in [0.717, 1.165) is 38.0 Å². The van der Waals surface area contributed by atoms with Crippen molar-refractivity contribution in [2.24, 2.45) is 5.92 Å². The van der Waals surface area contributed by atoms with E-state index in [1.807, 2.05) is 0 Å². The van der Waals surface area contributed by atoms with Gasteiger partial charge in [-0.1, -0.05) is 12.8 Å². The highest BCUT2D eigenvalue weighted by molar-refractivity contribution is 5.79. The van der Waals surface area contributed by atoms with E-state index in [1.54, 1.807) is 6.33 Å². The Labute approximate surface area is 108 Å². The van der Waals surface area contributed by atoms with Gasteiger partial charge in [-0.05, 0) is 25.7 Å². The molecule has 1 aliphatic heterocycles. The number of hydrogen-bond acceptors (Lipinski definition) is 2. The molecule has 0 radical (unpaired) electrons. The lowest BCUT2D eigenvalue weighted by atomic mass is 9.88. The van der Waals surface area contributed by atoms with Crippen LogP contribution in [0.5, 0.6) is 0 Å². The van der Waals surface area contributed by atoms with Gasteiger partial charge in [-0.25, -0.2) is 4.98 Å². The monoisotopic (exact) mass is 247 g/mol. The standard InChI is InChI=1S/C14H21N3O/c18-14(17-7-3-1-2-4-8-17)11-5-6-12-13(9-11)16-10-15-12/h10-11H,1-9H2,(H,15,16). The molecule has 1 N–H and O–H groups in total. The van der Waals surface area contributed by atoms with E-state index in [4.69, 9.17) is 0 Å². The van der Waals surface area contributed by atoms with Gasteiger partial charge >= 0.3 is 0 Å². The van der Waals surface area contributed by atoms with Crippen molar-refractivity contribution in [2.45, 2.75) is 44.9 Å². The fraction of sp³-hybridized carbons (Fsp3) is 0.714. The van der Waals surface area contributed by atoms with Crippen molar-refractivity contribution in [1.29, 1.82) is 0 Å². The number of carbonyl (C=O) groups excluding carboxylic acids is 1. The largest absolute Gasteiger partial charge is 0.348 e. The Balaban J connectivity index is 1.66. The maximum Gasteiger partial charge on any atom is 0.226 e. The third-order valence-electron chi connectivity index (χ3n) is 4.25. The van der Waals surface area contributed by atoms with Crippen molar-refractivity contribution in [2.75, 3.05) is 13.1 Å². The molecule has 1 amide bonds. The lowest BCUT2D eigenvalue weighted by Gasteiger charge is -2.28. The van der Waals surface area contributed by atoms with Crippen molar-refractivity contribution in [3.8, 4) is 0 Å². The number of rotatable bonds is 1. The zero-order valence-electron chi connectivity index (χ0n) is 10.8. The minimum Gasteiger partial charge on any atom is -0.348 e. The van der Waals surface area contributed by atoms with Crippen molar-refractivity contribution in [3.05, 3.63) is 17.7 Å². The Hall–Kier alpha value is -1.32. The van der Waals surface area contributed by atoms with Crippen LogP contribution >= 0.6 is 0 Å². The number of aromatic amines is 1. The van der Waals surface area contributed by atoms with E-state index in [1.165, 1.54) is 31.4 Å². The number of aromatic nitrogens is 2. The van der Waals surface area contributed by atoms with Crippen LogP contribution in [0.1, 0.15) is 43.5 Å². The van der Waals surface area contributed by atoms with Gasteiger partial charge in [0, 0.05) is 31.1 Å². The van der Waals surface area contributed by atoms with Crippen molar-refractivity contribution < 1.29 is 4.79 Å². The third-order valence-corrected chi connectivity index (χ3v) is 4.25. The normalized spacial score (nSPS) is 24.4. The molecule has 1 aliphatic carbocycles. The zero-order chi connectivity index (χ0) is 12.4. The van der Waals surface area contributed by atoms with E-state index in [-0.39, 0.29) is 5.92 Å². The van der Waals surface area contributed by atoms with Crippen LogP contribution in [0.3, 0.4) is 0 Å². The third kappa shape index (κ3) is 2.28. The number of nitrogens with one attached hydrogen (secondary N) is 1. The number of fused-ring (bicyclic) bond motifs is 1. The van der Waals surface area contributed by atoms with Gasteiger partial charge < -0.3 is 9.88 Å². The number of aryl methyl sites for hydroxylation is 1. The molecule has 0 spiro atoms. The van der Waals surface area contributed by atoms with Gasteiger partial charge in [0.25, 0.3) is 0 Å². The molecular formula is C14H21N3O. The molecule has 1 unspecified atom stereocenters. The maximum atomic E-state index is 12.5. The van der Waals surface area contributed by atoms with Crippen LogP contribution in [0.2, 0.25) is 0 Å². The number of likely N-dealkylation sites (tertiary alicyclic amines) is 1. The summed E-state index contributed by atoms with van der Waals surface area (Å²) in [5.41, 5.74) is 2.34. The second-order valence-corrected chi connectivity index (χ2v) is 5.51. The lowest BCUT2D eigenvalue weighted by molar-refractivity contribution is -0.135. The van der Waals surface area contributed by atoms with E-state index in [0.29, 0.717) is 5.91 Å². The van der Waals surface area contributed by atoms with Gasteiger partial charge in [0.1, 0.15) is 0 Å². The summed E-state index contributed by atoms with van der Waals surface area (Å²) < 4.78 is 0. The molecule has 4 heteroatoms. The molecule has 3 rings (SSSR count). The van der Waals surface area contributed by atoms with Crippen molar-refractivity contribution >= 4 is 5.91 Å². The van der Waals surface area contributed by atoms with Crippen LogP contribution in [0, 0.1) is 5.92 Å². The first-order chi connectivity index (χ1) is 8.84. The van der Waals surface area contributed by atoms with E-state index in [9.17, 15) is 4.79 Å². The second kappa shape index (κ2) is 5.12. The van der Waals surface area contributed by atoms with Gasteiger partial charge in [0.05, 0.1) is 12.0 Å². The molecule has 18 heavy (non-hydrogen) atoms. The number of hydrogen-bond donors (Lipinski definition) is 1. The van der Waals surface area contributed by atoms with Crippen LogP contribution in [-0.4, -0.2) is 33.9 Å². The first-order valence-electron chi connectivity index (χ1n) is 7.14. The number of nitrogens with zero attached hydrogens (tertiary/aromatic N) is 2. The lowest BCUT2D eigenvalue weighted by Crippen LogP contribution is -2.39. The van der Waals surface area contributed by atoms with Gasteiger partial charge in [-0.2, -0.15) is 0 Å². The van der Waals surface area contributed by atoms with Gasteiger partial charge in [0.2, 0.25) is 5.91 Å². The molecule has 0 saturated carbocycles. The Morgan fingerprint density at radius 2 is 2.06 bits per heavy atom. The van der Waals surface area contributed by atoms with Crippen LogP contribution in [0.15, 0.2) is 6.33 Å². The van der Waals surface area contributed by atoms with Crippen LogP contribution in [0.4, 0.5) is 0 Å². The molecule has 1 atom stereocenters. The maximum absolute atomic E-state index is 12.5. The molecule has 0 bridgehead atoms. The minimum absolute atomic E-state index is 0.177. The topological polar surface area (TPSA) is 49.0 Å². The summed E-state index contributed by atoms with van der Waals surface area (Å²) >= 11 is 0. The molecule has 1 saturated heterocycles. The van der Waals surface area contributed by atoms with Gasteiger partial charge in [-0.3, -0.25) is 4.79 Å². The predicted octanol–water partition coefficient (Wildman–Crippen LogP) is 1.92. The summed E-state index contributed by atoms with van der Waals surface area (Å²) in [6, 6.07) is 0. The van der Waals surface area contributed by atoms with Crippen molar-refractivity contribution in [1.82, 2.24) is 14.9 Å². The average molecular weight is 247 g/mol. The molecular weight excluding hydrogens is 226 g/mol. The Kier molecular flexibility index (Phi) is 3.35. The molecule has 2 heterocycles. The van der Waals surface area contributed by atoms with Crippen molar-refractivity contribution in [3.63, 3.8) is 0 Å². The number of amides is 1. The number of imidazole rings is 1. The Morgan fingerprint density at radius 3 is 2.83 bits per heavy atom. The molecule has 0 aromatic carbocycles. The number of H-pyrrole nitrogens is 1. The predicted molar refractivity (Wildman–Crippen MR) is 69.2 cm³/mol. The molecule has 1 aromatic rings. The van der Waals surface area contributed by atoms with Crippen LogP contribution in [-0.2, 0) is 17.6 Å². The molecule has 4 nitrogen and oxygen atoms in total. The van der Waals surface area contributed by atoms with E-state index >= 15 is 0 Å². The van der Waals surface area contributed by atoms with Gasteiger partial charge in [-0.15, -0.1) is 0 Å². The first-order valence-corrected chi connectivity index (χ1v) is 7.14.